The Balaban J connectivity index is 1.67. The molecule has 2 aromatic carbocycles. The fraction of sp³-hybridized carbons (Fsp3) is 0.294. The molecule has 0 saturated carbocycles. The van der Waals surface area contributed by atoms with Crippen LogP contribution in [0, 0.1) is 0 Å². The molecule has 0 unspecified atom stereocenters. The van der Waals surface area contributed by atoms with E-state index in [9.17, 15) is 5.11 Å². The third-order valence-electron chi connectivity index (χ3n) is 4.22. The van der Waals surface area contributed by atoms with Gasteiger partial charge in [-0.15, -0.1) is 10.2 Å². The van der Waals surface area contributed by atoms with Gasteiger partial charge >= 0.3 is 0 Å². The molecule has 0 bridgehead atoms. The molecule has 0 aliphatic carbocycles. The van der Waals surface area contributed by atoms with Crippen LogP contribution < -0.4 is 0 Å². The van der Waals surface area contributed by atoms with Crippen LogP contribution in [0.1, 0.15) is 13.8 Å². The summed E-state index contributed by atoms with van der Waals surface area (Å²) in [5, 5.41) is 27.4. The van der Waals surface area contributed by atoms with E-state index >= 15 is 0 Å². The molecule has 8 heteroatoms. The summed E-state index contributed by atoms with van der Waals surface area (Å²) in [5.41, 5.74) is 2.41. The Kier molecular flexibility index (Phi) is 3.70. The van der Waals surface area contributed by atoms with Gasteiger partial charge in [0.05, 0.1) is 24.4 Å². The highest BCUT2D eigenvalue weighted by Gasteiger charge is 2.26. The van der Waals surface area contributed by atoms with Crippen molar-refractivity contribution in [2.24, 2.45) is 0 Å². The van der Waals surface area contributed by atoms with Gasteiger partial charge in [0.1, 0.15) is 16.8 Å². The van der Waals surface area contributed by atoms with Crippen LogP contribution in [0.5, 0.6) is 0 Å². The summed E-state index contributed by atoms with van der Waals surface area (Å²) in [5.74, 6) is 0. The van der Waals surface area contributed by atoms with Crippen LogP contribution in [-0.2, 0) is 13.3 Å². The first-order valence-corrected chi connectivity index (χ1v) is 8.06. The minimum atomic E-state index is -1.07. The smallest absolute Gasteiger partial charge is 0.115 e. The predicted molar refractivity (Wildman–Crippen MR) is 93.2 cm³/mol. The number of fused-ring (bicyclic) bond motifs is 2. The van der Waals surface area contributed by atoms with E-state index in [1.165, 1.54) is 0 Å². The molecular formula is C17H19N7O. The van der Waals surface area contributed by atoms with Crippen LogP contribution in [-0.4, -0.2) is 45.7 Å². The maximum absolute atomic E-state index is 10.6. The zero-order valence-electron chi connectivity index (χ0n) is 14.1. The van der Waals surface area contributed by atoms with Crippen LogP contribution in [0.25, 0.3) is 22.1 Å². The van der Waals surface area contributed by atoms with Crippen molar-refractivity contribution in [3.8, 4) is 0 Å². The van der Waals surface area contributed by atoms with E-state index in [1.807, 2.05) is 53.4 Å². The molecule has 0 fully saturated rings. The summed E-state index contributed by atoms with van der Waals surface area (Å²) in [6.45, 7) is 4.23. The van der Waals surface area contributed by atoms with Crippen molar-refractivity contribution in [1.82, 2.24) is 34.9 Å². The molecule has 0 aliphatic heterocycles. The molecule has 0 radical (unpaired) electrons. The standard InChI is InChI=1S/C17H19N7O/c1-17(2,25)22(11-23-15-9-5-3-7-13(15)18-20-23)12-24-16-10-6-4-8-14(16)19-21-24/h3-10,25H,11-12H2,1-2H3. The van der Waals surface area contributed by atoms with Crippen LogP contribution >= 0.6 is 0 Å². The van der Waals surface area contributed by atoms with Gasteiger partial charge in [-0.1, -0.05) is 34.7 Å². The maximum atomic E-state index is 10.6. The Morgan fingerprint density at radius 2 is 1.28 bits per heavy atom. The highest BCUT2D eigenvalue weighted by atomic mass is 16.3. The zero-order chi connectivity index (χ0) is 17.4. The third-order valence-corrected chi connectivity index (χ3v) is 4.22. The monoisotopic (exact) mass is 337 g/mol. The minimum absolute atomic E-state index is 0.373. The van der Waals surface area contributed by atoms with Crippen LogP contribution in [0.3, 0.4) is 0 Å². The maximum Gasteiger partial charge on any atom is 0.115 e. The molecule has 25 heavy (non-hydrogen) atoms. The zero-order valence-corrected chi connectivity index (χ0v) is 14.1. The minimum Gasteiger partial charge on any atom is -0.376 e. The number of hydrogen-bond donors (Lipinski definition) is 1. The van der Waals surface area contributed by atoms with Crippen molar-refractivity contribution < 1.29 is 5.11 Å². The molecule has 128 valence electrons. The molecule has 0 spiro atoms. The van der Waals surface area contributed by atoms with Gasteiger partial charge in [-0.3, -0.25) is 0 Å². The predicted octanol–water partition coefficient (Wildman–Crippen LogP) is 1.82. The summed E-state index contributed by atoms with van der Waals surface area (Å²) < 4.78 is 3.54. The Morgan fingerprint density at radius 1 is 0.840 bits per heavy atom. The summed E-state index contributed by atoms with van der Waals surface area (Å²) in [7, 11) is 0. The Hall–Kier alpha value is -2.84. The van der Waals surface area contributed by atoms with Crippen LogP contribution in [0.2, 0.25) is 0 Å². The Morgan fingerprint density at radius 3 is 1.72 bits per heavy atom. The lowest BCUT2D eigenvalue weighted by Crippen LogP contribution is -2.45. The number of para-hydroxylation sites is 2. The fourth-order valence-corrected chi connectivity index (χ4v) is 2.76. The summed E-state index contributed by atoms with van der Waals surface area (Å²) in [4.78, 5) is 1.86. The Bertz CT molecular complexity index is 938. The average molecular weight is 337 g/mol. The molecule has 0 atom stereocenters. The van der Waals surface area contributed by atoms with Gasteiger partial charge in [-0.05, 0) is 38.1 Å². The van der Waals surface area contributed by atoms with E-state index in [-0.39, 0.29) is 0 Å². The lowest BCUT2D eigenvalue weighted by atomic mass is 10.3. The largest absolute Gasteiger partial charge is 0.376 e. The Labute approximate surface area is 144 Å². The molecule has 2 aromatic heterocycles. The number of benzene rings is 2. The van der Waals surface area contributed by atoms with E-state index in [0.29, 0.717) is 13.3 Å². The van der Waals surface area contributed by atoms with E-state index in [1.54, 1.807) is 23.2 Å². The topological polar surface area (TPSA) is 84.9 Å². The van der Waals surface area contributed by atoms with E-state index in [4.69, 9.17) is 0 Å². The van der Waals surface area contributed by atoms with Crippen molar-refractivity contribution in [3.63, 3.8) is 0 Å². The van der Waals surface area contributed by atoms with Crippen molar-refractivity contribution in [2.75, 3.05) is 0 Å². The van der Waals surface area contributed by atoms with Gasteiger partial charge in [0.2, 0.25) is 0 Å². The number of aliphatic hydroxyl groups is 1. The summed E-state index contributed by atoms with van der Waals surface area (Å²) in [6.07, 6.45) is 0. The van der Waals surface area contributed by atoms with Gasteiger partial charge in [-0.25, -0.2) is 14.3 Å². The van der Waals surface area contributed by atoms with Crippen molar-refractivity contribution in [3.05, 3.63) is 48.5 Å². The highest BCUT2D eigenvalue weighted by molar-refractivity contribution is 5.74. The fourth-order valence-electron chi connectivity index (χ4n) is 2.76. The number of hydrogen-bond acceptors (Lipinski definition) is 6. The van der Waals surface area contributed by atoms with Crippen LogP contribution in [0.4, 0.5) is 0 Å². The highest BCUT2D eigenvalue weighted by Crippen LogP contribution is 2.18. The average Bonchev–Trinajstić information content (AvgIpc) is 3.18. The lowest BCUT2D eigenvalue weighted by Gasteiger charge is -2.33. The second-order valence-corrected chi connectivity index (χ2v) is 6.47. The van der Waals surface area contributed by atoms with Gasteiger partial charge in [0, 0.05) is 0 Å². The van der Waals surface area contributed by atoms with Gasteiger partial charge in [0.15, 0.2) is 0 Å². The molecule has 8 nitrogen and oxygen atoms in total. The number of rotatable bonds is 5. The number of aromatic nitrogens is 6. The quantitative estimate of drug-likeness (QED) is 0.559. The molecule has 0 saturated heterocycles. The molecular weight excluding hydrogens is 318 g/mol. The van der Waals surface area contributed by atoms with Crippen molar-refractivity contribution in [1.29, 1.82) is 0 Å². The second-order valence-electron chi connectivity index (χ2n) is 6.47. The first kappa shape index (κ1) is 15.7. The molecule has 0 aliphatic rings. The molecule has 0 amide bonds. The van der Waals surface area contributed by atoms with Gasteiger partial charge in [0.25, 0.3) is 0 Å². The van der Waals surface area contributed by atoms with E-state index in [2.05, 4.69) is 20.6 Å². The normalized spacial score (nSPS) is 12.5. The number of nitrogens with zero attached hydrogens (tertiary/aromatic N) is 7. The summed E-state index contributed by atoms with van der Waals surface area (Å²) >= 11 is 0. The third kappa shape index (κ3) is 2.97. The summed E-state index contributed by atoms with van der Waals surface area (Å²) in [6, 6.07) is 15.5. The molecule has 1 N–H and O–H groups in total. The molecule has 2 heterocycles. The van der Waals surface area contributed by atoms with E-state index < -0.39 is 5.72 Å². The van der Waals surface area contributed by atoms with Crippen molar-refractivity contribution in [2.45, 2.75) is 32.9 Å². The van der Waals surface area contributed by atoms with E-state index in [0.717, 1.165) is 22.1 Å². The molecule has 4 aromatic rings. The van der Waals surface area contributed by atoms with Crippen LogP contribution in [0.15, 0.2) is 48.5 Å². The first-order chi connectivity index (χ1) is 12.0. The molecule has 4 rings (SSSR count). The second kappa shape index (κ2) is 5.91. The SMILES string of the molecule is CC(C)(O)N(Cn1nnc2ccccc21)Cn1nnc2ccccc21. The first-order valence-electron chi connectivity index (χ1n) is 8.06. The lowest BCUT2D eigenvalue weighted by molar-refractivity contribution is -0.114. The van der Waals surface area contributed by atoms with Gasteiger partial charge < -0.3 is 5.11 Å². The van der Waals surface area contributed by atoms with Crippen molar-refractivity contribution >= 4 is 22.1 Å². The van der Waals surface area contributed by atoms with Gasteiger partial charge in [-0.2, -0.15) is 0 Å².